The average Bonchev–Trinajstić information content (AvgIpc) is 3.37. The Bertz CT molecular complexity index is 969. The first-order valence-corrected chi connectivity index (χ1v) is 10.5. The molecule has 3 aromatic rings. The lowest BCUT2D eigenvalue weighted by atomic mass is 10.1. The van der Waals surface area contributed by atoms with Crippen LogP contribution in [0.3, 0.4) is 0 Å². The average molecular weight is 432 g/mol. The van der Waals surface area contributed by atoms with Crippen LogP contribution < -0.4 is 16.2 Å². The second kappa shape index (κ2) is 9.45. The molecule has 0 saturated carbocycles. The van der Waals surface area contributed by atoms with E-state index in [1.807, 2.05) is 35.7 Å². The molecule has 0 spiro atoms. The van der Waals surface area contributed by atoms with E-state index >= 15 is 0 Å². The number of thiophene rings is 2. The van der Waals surface area contributed by atoms with E-state index in [1.165, 1.54) is 22.7 Å². The van der Waals surface area contributed by atoms with Crippen LogP contribution in [0.1, 0.15) is 27.0 Å². The molecular formula is C19H17N3O3S3. The molecule has 0 atom stereocenters. The minimum atomic E-state index is -0.436. The van der Waals surface area contributed by atoms with Crippen LogP contribution >= 0.6 is 34.9 Å². The number of hydrogen-bond acceptors (Lipinski definition) is 6. The Morgan fingerprint density at radius 1 is 1.11 bits per heavy atom. The quantitative estimate of drug-likeness (QED) is 0.318. The summed E-state index contributed by atoms with van der Waals surface area (Å²) in [6.07, 6.45) is 0. The van der Waals surface area contributed by atoms with Crippen LogP contribution in [0.4, 0.5) is 5.00 Å². The summed E-state index contributed by atoms with van der Waals surface area (Å²) in [5, 5.41) is 5.49. The van der Waals surface area contributed by atoms with Crippen molar-refractivity contribution in [3.05, 3.63) is 64.4 Å². The first-order chi connectivity index (χ1) is 13.6. The molecule has 28 heavy (non-hydrogen) atoms. The minimum absolute atomic E-state index is 0.164. The molecule has 2 heterocycles. The van der Waals surface area contributed by atoms with Crippen molar-refractivity contribution >= 4 is 56.9 Å². The molecular weight excluding hydrogens is 414 g/mol. The SMILES string of the molecule is CCOC(=O)c1cc(-c2ccccc2)sc1NC(=S)NNC(=O)c1cccs1. The molecule has 144 valence electrons. The number of amides is 1. The number of ether oxygens (including phenoxy) is 1. The Balaban J connectivity index is 1.73. The van der Waals surface area contributed by atoms with Crippen molar-refractivity contribution in [2.45, 2.75) is 6.92 Å². The number of hydrogen-bond donors (Lipinski definition) is 3. The van der Waals surface area contributed by atoms with Crippen LogP contribution in [0.5, 0.6) is 0 Å². The molecule has 1 aromatic carbocycles. The van der Waals surface area contributed by atoms with E-state index < -0.39 is 5.97 Å². The van der Waals surface area contributed by atoms with Crippen molar-refractivity contribution in [3.63, 3.8) is 0 Å². The fourth-order valence-corrected chi connectivity index (χ4v) is 4.20. The fourth-order valence-electron chi connectivity index (χ4n) is 2.31. The van der Waals surface area contributed by atoms with Gasteiger partial charge in [0, 0.05) is 4.88 Å². The highest BCUT2D eigenvalue weighted by molar-refractivity contribution is 7.80. The van der Waals surface area contributed by atoms with E-state index in [1.54, 1.807) is 25.1 Å². The largest absolute Gasteiger partial charge is 0.462 e. The lowest BCUT2D eigenvalue weighted by Crippen LogP contribution is -2.43. The topological polar surface area (TPSA) is 79.5 Å². The third-order valence-corrected chi connectivity index (χ3v) is 5.72. The van der Waals surface area contributed by atoms with Gasteiger partial charge < -0.3 is 10.1 Å². The molecule has 9 heteroatoms. The highest BCUT2D eigenvalue weighted by Crippen LogP contribution is 2.35. The van der Waals surface area contributed by atoms with E-state index in [4.69, 9.17) is 17.0 Å². The van der Waals surface area contributed by atoms with Gasteiger partial charge in [-0.25, -0.2) is 4.79 Å². The van der Waals surface area contributed by atoms with Gasteiger partial charge in [-0.2, -0.15) is 0 Å². The van der Waals surface area contributed by atoms with E-state index in [9.17, 15) is 9.59 Å². The maximum Gasteiger partial charge on any atom is 0.341 e. The molecule has 0 saturated heterocycles. The molecule has 2 aromatic heterocycles. The maximum absolute atomic E-state index is 12.3. The zero-order valence-electron chi connectivity index (χ0n) is 14.9. The predicted molar refractivity (Wildman–Crippen MR) is 117 cm³/mol. The lowest BCUT2D eigenvalue weighted by Gasteiger charge is -2.11. The summed E-state index contributed by atoms with van der Waals surface area (Å²) in [5.74, 6) is -0.727. The van der Waals surface area contributed by atoms with Crippen molar-refractivity contribution < 1.29 is 14.3 Å². The van der Waals surface area contributed by atoms with Crippen LogP contribution in [0.2, 0.25) is 0 Å². The predicted octanol–water partition coefficient (Wildman–Crippen LogP) is 4.28. The van der Waals surface area contributed by atoms with Crippen LogP contribution in [-0.4, -0.2) is 23.6 Å². The van der Waals surface area contributed by atoms with Crippen LogP contribution in [0.15, 0.2) is 53.9 Å². The summed E-state index contributed by atoms with van der Waals surface area (Å²) in [5.41, 5.74) is 6.54. The molecule has 0 aliphatic heterocycles. The van der Waals surface area contributed by atoms with Gasteiger partial charge in [0.15, 0.2) is 5.11 Å². The Labute approximate surface area is 175 Å². The number of esters is 1. The Kier molecular flexibility index (Phi) is 6.75. The third-order valence-electron chi connectivity index (χ3n) is 3.55. The molecule has 0 radical (unpaired) electrons. The zero-order chi connectivity index (χ0) is 19.9. The van der Waals surface area contributed by atoms with Crippen molar-refractivity contribution in [1.82, 2.24) is 10.9 Å². The third kappa shape index (κ3) is 4.94. The van der Waals surface area contributed by atoms with E-state index in [2.05, 4.69) is 16.2 Å². The Morgan fingerprint density at radius 3 is 2.57 bits per heavy atom. The number of nitrogens with one attached hydrogen (secondary N) is 3. The van der Waals surface area contributed by atoms with Gasteiger partial charge >= 0.3 is 5.97 Å². The standard InChI is InChI=1S/C19H17N3O3S3/c1-2-25-18(24)13-11-15(12-7-4-3-5-8-12)28-17(13)20-19(26)22-21-16(23)14-9-6-10-27-14/h3-11H,2H2,1H3,(H,21,23)(H2,20,22,26). The zero-order valence-corrected chi connectivity index (χ0v) is 17.3. The first kappa shape index (κ1) is 20.0. The first-order valence-electron chi connectivity index (χ1n) is 8.35. The van der Waals surface area contributed by atoms with Crippen molar-refractivity contribution in [1.29, 1.82) is 0 Å². The number of hydrazine groups is 1. The summed E-state index contributed by atoms with van der Waals surface area (Å²) in [6, 6.07) is 15.0. The molecule has 0 aliphatic rings. The fraction of sp³-hybridized carbons (Fsp3) is 0.105. The van der Waals surface area contributed by atoms with Gasteiger partial charge in [-0.05, 0) is 42.2 Å². The van der Waals surface area contributed by atoms with Crippen molar-refractivity contribution in [3.8, 4) is 10.4 Å². The lowest BCUT2D eigenvalue weighted by molar-refractivity contribution is 0.0528. The molecule has 0 bridgehead atoms. The van der Waals surface area contributed by atoms with E-state index in [0.29, 0.717) is 15.4 Å². The summed E-state index contributed by atoms with van der Waals surface area (Å²) < 4.78 is 5.14. The summed E-state index contributed by atoms with van der Waals surface area (Å²) in [4.78, 5) is 25.8. The number of thiocarbonyl (C=S) groups is 1. The summed E-state index contributed by atoms with van der Waals surface area (Å²) in [7, 11) is 0. The number of carbonyl (C=O) groups excluding carboxylic acids is 2. The van der Waals surface area contributed by atoms with Gasteiger partial charge in [0.2, 0.25) is 0 Å². The molecule has 0 aliphatic carbocycles. The summed E-state index contributed by atoms with van der Waals surface area (Å²) in [6.45, 7) is 2.02. The molecule has 0 unspecified atom stereocenters. The minimum Gasteiger partial charge on any atom is -0.462 e. The smallest absolute Gasteiger partial charge is 0.341 e. The highest BCUT2D eigenvalue weighted by atomic mass is 32.1. The maximum atomic E-state index is 12.3. The Morgan fingerprint density at radius 2 is 1.89 bits per heavy atom. The van der Waals surface area contributed by atoms with E-state index in [-0.39, 0.29) is 17.6 Å². The molecule has 1 amide bonds. The second-order valence-electron chi connectivity index (χ2n) is 5.45. The van der Waals surface area contributed by atoms with Crippen LogP contribution in [0.25, 0.3) is 10.4 Å². The molecule has 3 N–H and O–H groups in total. The second-order valence-corrected chi connectivity index (χ2v) is 7.86. The van der Waals surface area contributed by atoms with E-state index in [0.717, 1.165) is 10.4 Å². The number of anilines is 1. The van der Waals surface area contributed by atoms with Gasteiger partial charge in [0.1, 0.15) is 5.00 Å². The molecule has 3 rings (SSSR count). The van der Waals surface area contributed by atoms with Gasteiger partial charge in [-0.3, -0.25) is 15.6 Å². The van der Waals surface area contributed by atoms with Crippen LogP contribution in [-0.2, 0) is 4.74 Å². The van der Waals surface area contributed by atoms with Gasteiger partial charge in [0.25, 0.3) is 5.91 Å². The van der Waals surface area contributed by atoms with Gasteiger partial charge in [0.05, 0.1) is 17.0 Å². The van der Waals surface area contributed by atoms with Crippen LogP contribution in [0, 0.1) is 0 Å². The molecule has 0 fully saturated rings. The number of carbonyl (C=O) groups is 2. The highest BCUT2D eigenvalue weighted by Gasteiger charge is 2.19. The van der Waals surface area contributed by atoms with Gasteiger partial charge in [-0.15, -0.1) is 22.7 Å². The Hall–Kier alpha value is -2.75. The monoisotopic (exact) mass is 431 g/mol. The number of benzene rings is 1. The van der Waals surface area contributed by atoms with Crippen molar-refractivity contribution in [2.24, 2.45) is 0 Å². The van der Waals surface area contributed by atoms with Crippen molar-refractivity contribution in [2.75, 3.05) is 11.9 Å². The van der Waals surface area contributed by atoms with Gasteiger partial charge in [-0.1, -0.05) is 36.4 Å². The summed E-state index contributed by atoms with van der Waals surface area (Å²) >= 11 is 7.94. The normalized spacial score (nSPS) is 10.2. The molecule has 6 nitrogen and oxygen atoms in total. The number of rotatable bonds is 5.